The van der Waals surface area contributed by atoms with Gasteiger partial charge in [-0.2, -0.15) is 0 Å². The zero-order valence-corrected chi connectivity index (χ0v) is 20.1. The number of aromatic nitrogens is 6. The largest absolute Gasteiger partial charge is 0.378 e. The number of morpholine rings is 1. The molecule has 4 aliphatic rings. The van der Waals surface area contributed by atoms with Crippen molar-refractivity contribution in [2.75, 3.05) is 37.7 Å². The highest BCUT2D eigenvalue weighted by Gasteiger charge is 2.68. The molecule has 3 saturated carbocycles. The summed E-state index contributed by atoms with van der Waals surface area (Å²) in [6.45, 7) is 5.40. The number of imidazole rings is 1. The predicted molar refractivity (Wildman–Crippen MR) is 132 cm³/mol. The van der Waals surface area contributed by atoms with E-state index in [0.717, 1.165) is 86.9 Å². The number of anilines is 1. The van der Waals surface area contributed by atoms with Crippen molar-refractivity contribution in [2.45, 2.75) is 38.0 Å². The van der Waals surface area contributed by atoms with Gasteiger partial charge in [0.15, 0.2) is 0 Å². The average molecular weight is 489 g/mol. The van der Waals surface area contributed by atoms with E-state index < -0.39 is 5.67 Å². The number of alkyl halides is 1. The number of ether oxygens (including phenoxy) is 1. The van der Waals surface area contributed by atoms with E-state index in [2.05, 4.69) is 48.2 Å². The van der Waals surface area contributed by atoms with Crippen LogP contribution in [0.5, 0.6) is 0 Å². The molecule has 0 spiro atoms. The highest BCUT2D eigenvalue weighted by atomic mass is 19.1. The number of nitrogens with one attached hydrogen (secondary N) is 1. The van der Waals surface area contributed by atoms with E-state index >= 15 is 0 Å². The average Bonchev–Trinajstić information content (AvgIpc) is 3.49. The Labute approximate surface area is 208 Å². The number of pyridine rings is 2. The van der Waals surface area contributed by atoms with Crippen LogP contribution < -0.4 is 10.2 Å². The molecule has 186 valence electrons. The number of rotatable bonds is 8. The Morgan fingerprint density at radius 2 is 1.92 bits per heavy atom. The standard InChI is InChI=1S/C26H29FN8O/c27-26-15-25(16-26,17-26)18-29-8-19-1-2-24-30-21(12-34(24)11-19)13-35-14-23(31-32-35)20-7-22(10-28-9-20)33-3-5-36-6-4-33/h1-2,7,9-12,14,29H,3-6,8,13,15-18H2. The van der Waals surface area contributed by atoms with Gasteiger partial charge in [0, 0.05) is 50.3 Å². The Morgan fingerprint density at radius 1 is 1.06 bits per heavy atom. The Hall–Kier alpha value is -3.37. The predicted octanol–water partition coefficient (Wildman–Crippen LogP) is 2.85. The Balaban J connectivity index is 1.00. The van der Waals surface area contributed by atoms with Crippen molar-refractivity contribution < 1.29 is 9.13 Å². The molecule has 0 amide bonds. The molecule has 4 aromatic rings. The highest BCUT2D eigenvalue weighted by Crippen LogP contribution is 2.69. The van der Waals surface area contributed by atoms with Crippen molar-refractivity contribution in [3.05, 3.63) is 60.4 Å². The number of halogens is 1. The summed E-state index contributed by atoms with van der Waals surface area (Å²) < 4.78 is 23.0. The van der Waals surface area contributed by atoms with Gasteiger partial charge < -0.3 is 19.4 Å². The molecular weight excluding hydrogens is 459 g/mol. The summed E-state index contributed by atoms with van der Waals surface area (Å²) in [4.78, 5) is 11.4. The van der Waals surface area contributed by atoms with Gasteiger partial charge in [-0.05, 0) is 42.4 Å². The van der Waals surface area contributed by atoms with E-state index in [1.807, 2.05) is 35.5 Å². The smallest absolute Gasteiger partial charge is 0.137 e. The zero-order chi connectivity index (χ0) is 24.2. The molecule has 1 N–H and O–H groups in total. The van der Waals surface area contributed by atoms with E-state index in [4.69, 9.17) is 9.72 Å². The van der Waals surface area contributed by atoms with Gasteiger partial charge in [-0.25, -0.2) is 14.1 Å². The minimum Gasteiger partial charge on any atom is -0.378 e. The lowest BCUT2D eigenvalue weighted by Crippen LogP contribution is -2.67. The Morgan fingerprint density at radius 3 is 2.75 bits per heavy atom. The van der Waals surface area contributed by atoms with E-state index in [1.54, 1.807) is 0 Å². The molecule has 1 aliphatic heterocycles. The number of fused-ring (bicyclic) bond motifs is 1. The molecule has 10 heteroatoms. The first kappa shape index (κ1) is 21.9. The van der Waals surface area contributed by atoms with Crippen LogP contribution in [0.4, 0.5) is 10.1 Å². The quantitative estimate of drug-likeness (QED) is 0.408. The first-order valence-electron chi connectivity index (χ1n) is 12.6. The van der Waals surface area contributed by atoms with Crippen LogP contribution in [0.3, 0.4) is 0 Å². The maximum atomic E-state index is 13.7. The van der Waals surface area contributed by atoms with Gasteiger partial charge in [0.2, 0.25) is 0 Å². The minimum absolute atomic E-state index is 0.220. The van der Waals surface area contributed by atoms with Crippen LogP contribution in [0.25, 0.3) is 16.9 Å². The van der Waals surface area contributed by atoms with Crippen molar-refractivity contribution in [2.24, 2.45) is 5.41 Å². The molecule has 4 aromatic heterocycles. The second-order valence-corrected chi connectivity index (χ2v) is 10.7. The monoisotopic (exact) mass is 488 g/mol. The van der Waals surface area contributed by atoms with Gasteiger partial charge in [0.1, 0.15) is 17.0 Å². The van der Waals surface area contributed by atoms with Crippen molar-refractivity contribution in [1.29, 1.82) is 0 Å². The third-order valence-electron chi connectivity index (χ3n) is 7.73. The van der Waals surface area contributed by atoms with Crippen molar-refractivity contribution in [3.63, 3.8) is 0 Å². The molecule has 2 bridgehead atoms. The normalized spacial score (nSPS) is 25.1. The van der Waals surface area contributed by atoms with Gasteiger partial charge in [-0.3, -0.25) is 4.98 Å². The second-order valence-electron chi connectivity index (χ2n) is 10.7. The zero-order valence-electron chi connectivity index (χ0n) is 20.1. The van der Waals surface area contributed by atoms with Crippen LogP contribution in [0.2, 0.25) is 0 Å². The van der Waals surface area contributed by atoms with Crippen LogP contribution in [-0.4, -0.2) is 67.9 Å². The van der Waals surface area contributed by atoms with Crippen molar-refractivity contribution >= 4 is 11.3 Å². The van der Waals surface area contributed by atoms with E-state index in [9.17, 15) is 4.39 Å². The summed E-state index contributed by atoms with van der Waals surface area (Å²) in [5.41, 5.74) is 5.19. The van der Waals surface area contributed by atoms with Crippen LogP contribution in [0, 0.1) is 5.41 Å². The fraction of sp³-hybridized carbons (Fsp3) is 0.462. The molecule has 8 rings (SSSR count). The highest BCUT2D eigenvalue weighted by molar-refractivity contribution is 5.63. The summed E-state index contributed by atoms with van der Waals surface area (Å²) in [6, 6.07) is 6.24. The number of hydrogen-bond donors (Lipinski definition) is 1. The molecule has 0 atom stereocenters. The summed E-state index contributed by atoms with van der Waals surface area (Å²) in [5.74, 6) is 0. The van der Waals surface area contributed by atoms with Crippen molar-refractivity contribution in [1.82, 2.24) is 34.7 Å². The summed E-state index contributed by atoms with van der Waals surface area (Å²) in [6.07, 6.45) is 12.0. The third kappa shape index (κ3) is 4.04. The van der Waals surface area contributed by atoms with Gasteiger partial charge in [0.25, 0.3) is 0 Å². The van der Waals surface area contributed by atoms with Gasteiger partial charge in [-0.1, -0.05) is 11.3 Å². The molecule has 0 aromatic carbocycles. The summed E-state index contributed by atoms with van der Waals surface area (Å²) in [7, 11) is 0. The molecule has 0 radical (unpaired) electrons. The summed E-state index contributed by atoms with van der Waals surface area (Å²) >= 11 is 0. The second kappa shape index (κ2) is 8.35. The molecule has 36 heavy (non-hydrogen) atoms. The topological polar surface area (TPSA) is 85.4 Å². The minimum atomic E-state index is -0.831. The maximum absolute atomic E-state index is 13.7. The lowest BCUT2D eigenvalue weighted by atomic mass is 9.42. The maximum Gasteiger partial charge on any atom is 0.137 e. The van der Waals surface area contributed by atoms with Gasteiger partial charge in [0.05, 0.1) is 43.5 Å². The van der Waals surface area contributed by atoms with E-state index in [0.29, 0.717) is 6.54 Å². The van der Waals surface area contributed by atoms with Gasteiger partial charge >= 0.3 is 0 Å². The first-order valence-corrected chi connectivity index (χ1v) is 12.6. The van der Waals surface area contributed by atoms with Crippen LogP contribution >= 0.6 is 0 Å². The van der Waals surface area contributed by atoms with Gasteiger partial charge in [-0.15, -0.1) is 5.10 Å². The van der Waals surface area contributed by atoms with Crippen LogP contribution in [-0.2, 0) is 17.8 Å². The molecule has 0 unspecified atom stereocenters. The number of hydrogen-bond acceptors (Lipinski definition) is 7. The molecule has 3 aliphatic carbocycles. The first-order chi connectivity index (χ1) is 17.5. The van der Waals surface area contributed by atoms with E-state index in [1.165, 1.54) is 5.56 Å². The van der Waals surface area contributed by atoms with Crippen LogP contribution in [0.15, 0.2) is 49.2 Å². The Kier molecular flexibility index (Phi) is 5.07. The molecule has 1 saturated heterocycles. The fourth-order valence-electron chi connectivity index (χ4n) is 6.03. The lowest BCUT2D eigenvalue weighted by molar-refractivity contribution is -0.209. The Bertz CT molecular complexity index is 1390. The lowest BCUT2D eigenvalue weighted by Gasteiger charge is -2.66. The van der Waals surface area contributed by atoms with Crippen molar-refractivity contribution in [3.8, 4) is 11.3 Å². The number of nitrogens with zero attached hydrogens (tertiary/aromatic N) is 7. The molecule has 5 heterocycles. The summed E-state index contributed by atoms with van der Waals surface area (Å²) in [5, 5.41) is 12.2. The fourth-order valence-corrected chi connectivity index (χ4v) is 6.03. The SMILES string of the molecule is FC12CC(CNCc3ccc4nc(Cn5cc(-c6cncc(N7CCOCC7)c6)nn5)cn4c3)(C1)C2. The van der Waals surface area contributed by atoms with E-state index in [-0.39, 0.29) is 5.41 Å². The molecule has 4 fully saturated rings. The third-order valence-corrected chi connectivity index (χ3v) is 7.73. The molecule has 9 nitrogen and oxygen atoms in total. The van der Waals surface area contributed by atoms with Crippen LogP contribution in [0.1, 0.15) is 30.5 Å². The molecular formula is C26H29FN8O.